The zero-order valence-corrected chi connectivity index (χ0v) is 9.17. The molecule has 2 aliphatic rings. The molecule has 1 unspecified atom stereocenters. The number of fused-ring (bicyclic) bond motifs is 1. The highest BCUT2D eigenvalue weighted by Gasteiger charge is 2.53. The maximum atomic E-state index is 11.4. The summed E-state index contributed by atoms with van der Waals surface area (Å²) in [5.41, 5.74) is -0.381. The molecule has 3 heteroatoms. The van der Waals surface area contributed by atoms with Crippen LogP contribution in [0, 0.1) is 11.8 Å². The minimum atomic E-state index is -0.381. The van der Waals surface area contributed by atoms with Crippen molar-refractivity contribution in [1.82, 2.24) is 5.32 Å². The van der Waals surface area contributed by atoms with Crippen molar-refractivity contribution in [2.45, 2.75) is 51.7 Å². The Bertz CT molecular complexity index is 234. The Labute approximate surface area is 85.2 Å². The van der Waals surface area contributed by atoms with Gasteiger partial charge in [0.2, 0.25) is 0 Å². The van der Waals surface area contributed by atoms with E-state index in [2.05, 4.69) is 5.32 Å². The minimum absolute atomic E-state index is 0.253. The molecule has 3 atom stereocenters. The Balaban J connectivity index is 1.74. The Morgan fingerprint density at radius 3 is 2.36 bits per heavy atom. The molecule has 3 nitrogen and oxygen atoms in total. The van der Waals surface area contributed by atoms with Gasteiger partial charge in [-0.15, -0.1) is 0 Å². The molecule has 0 aromatic rings. The predicted molar refractivity (Wildman–Crippen MR) is 54.0 cm³/mol. The number of alkyl carbamates (subject to hydrolysis) is 1. The summed E-state index contributed by atoms with van der Waals surface area (Å²) in [6, 6.07) is 0.415. The fraction of sp³-hybridized carbons (Fsp3) is 0.909. The Morgan fingerprint density at radius 1 is 1.29 bits per heavy atom. The second-order valence-electron chi connectivity index (χ2n) is 5.43. The van der Waals surface area contributed by atoms with Gasteiger partial charge in [-0.3, -0.25) is 0 Å². The summed E-state index contributed by atoms with van der Waals surface area (Å²) >= 11 is 0. The van der Waals surface area contributed by atoms with E-state index in [0.717, 1.165) is 11.8 Å². The molecule has 14 heavy (non-hydrogen) atoms. The van der Waals surface area contributed by atoms with Gasteiger partial charge in [0.15, 0.2) is 0 Å². The number of carbonyl (C=O) groups is 1. The van der Waals surface area contributed by atoms with E-state index in [0.29, 0.717) is 6.04 Å². The summed E-state index contributed by atoms with van der Waals surface area (Å²) in [7, 11) is 0. The first kappa shape index (κ1) is 9.81. The van der Waals surface area contributed by atoms with Crippen molar-refractivity contribution < 1.29 is 9.53 Å². The molecule has 0 radical (unpaired) electrons. The van der Waals surface area contributed by atoms with Crippen molar-refractivity contribution in [3.63, 3.8) is 0 Å². The van der Waals surface area contributed by atoms with E-state index in [1.807, 2.05) is 20.8 Å². The summed E-state index contributed by atoms with van der Waals surface area (Å²) in [6.07, 6.45) is 3.65. The molecule has 0 heterocycles. The fourth-order valence-corrected chi connectivity index (χ4v) is 2.48. The highest BCUT2D eigenvalue weighted by Crippen LogP contribution is 2.51. The number of hydrogen-bond acceptors (Lipinski definition) is 2. The van der Waals surface area contributed by atoms with Crippen LogP contribution in [-0.2, 0) is 4.74 Å². The standard InChI is InChI=1S/C11H19NO2/c1-11(2,3)14-10(13)12-9-7-5-4-6-8(7)9/h7-9H,4-6H2,1-3H3,(H,12,13)/t7-,8+,9?. The van der Waals surface area contributed by atoms with Crippen LogP contribution in [0.4, 0.5) is 4.79 Å². The highest BCUT2D eigenvalue weighted by molar-refractivity contribution is 5.68. The first-order chi connectivity index (χ1) is 6.47. The van der Waals surface area contributed by atoms with E-state index in [9.17, 15) is 4.79 Å². The lowest BCUT2D eigenvalue weighted by Crippen LogP contribution is -2.35. The molecule has 0 spiro atoms. The summed E-state index contributed by atoms with van der Waals surface area (Å²) in [4.78, 5) is 11.4. The van der Waals surface area contributed by atoms with Crippen LogP contribution in [0.1, 0.15) is 40.0 Å². The molecular weight excluding hydrogens is 178 g/mol. The summed E-state index contributed by atoms with van der Waals surface area (Å²) in [5, 5.41) is 2.95. The Kier molecular flexibility index (Phi) is 2.20. The van der Waals surface area contributed by atoms with E-state index < -0.39 is 0 Å². The molecule has 2 rings (SSSR count). The van der Waals surface area contributed by atoms with E-state index in [4.69, 9.17) is 4.74 Å². The third kappa shape index (κ3) is 2.02. The molecule has 0 aromatic heterocycles. The SMILES string of the molecule is CC(C)(C)OC(=O)NC1[C@H]2CCC[C@@H]12. The van der Waals surface area contributed by atoms with Crippen LogP contribution < -0.4 is 5.32 Å². The molecular formula is C11H19NO2. The topological polar surface area (TPSA) is 38.3 Å². The zero-order chi connectivity index (χ0) is 10.3. The van der Waals surface area contributed by atoms with Gasteiger partial charge in [0.25, 0.3) is 0 Å². The van der Waals surface area contributed by atoms with Gasteiger partial charge in [0, 0.05) is 6.04 Å². The summed E-state index contributed by atoms with van der Waals surface area (Å²) < 4.78 is 5.20. The van der Waals surface area contributed by atoms with Crippen molar-refractivity contribution in [3.8, 4) is 0 Å². The average Bonchev–Trinajstić information content (AvgIpc) is 2.50. The largest absolute Gasteiger partial charge is 0.444 e. The van der Waals surface area contributed by atoms with E-state index in [1.54, 1.807) is 0 Å². The number of amides is 1. The van der Waals surface area contributed by atoms with E-state index in [-0.39, 0.29) is 11.7 Å². The smallest absolute Gasteiger partial charge is 0.407 e. The van der Waals surface area contributed by atoms with Gasteiger partial charge in [-0.25, -0.2) is 4.79 Å². The second kappa shape index (κ2) is 3.14. The Hall–Kier alpha value is -0.730. The number of ether oxygens (including phenoxy) is 1. The molecule has 1 N–H and O–H groups in total. The van der Waals surface area contributed by atoms with Crippen LogP contribution in [0.5, 0.6) is 0 Å². The third-order valence-electron chi connectivity index (χ3n) is 3.09. The fourth-order valence-electron chi connectivity index (χ4n) is 2.48. The normalized spacial score (nSPS) is 34.9. The third-order valence-corrected chi connectivity index (χ3v) is 3.09. The number of hydrogen-bond donors (Lipinski definition) is 1. The van der Waals surface area contributed by atoms with Gasteiger partial charge < -0.3 is 10.1 Å². The van der Waals surface area contributed by atoms with Crippen LogP contribution in [0.2, 0.25) is 0 Å². The maximum absolute atomic E-state index is 11.4. The van der Waals surface area contributed by atoms with Gasteiger partial charge in [-0.2, -0.15) is 0 Å². The first-order valence-electron chi connectivity index (χ1n) is 5.47. The van der Waals surface area contributed by atoms with Gasteiger partial charge in [0.05, 0.1) is 0 Å². The molecule has 2 fully saturated rings. The van der Waals surface area contributed by atoms with Crippen molar-refractivity contribution >= 4 is 6.09 Å². The molecule has 2 aliphatic carbocycles. The van der Waals surface area contributed by atoms with Crippen molar-refractivity contribution in [2.75, 3.05) is 0 Å². The first-order valence-corrected chi connectivity index (χ1v) is 5.47. The molecule has 2 saturated carbocycles. The van der Waals surface area contributed by atoms with Crippen LogP contribution in [0.25, 0.3) is 0 Å². The van der Waals surface area contributed by atoms with E-state index in [1.165, 1.54) is 19.3 Å². The number of carbonyl (C=O) groups excluding carboxylic acids is 1. The van der Waals surface area contributed by atoms with Crippen molar-refractivity contribution in [1.29, 1.82) is 0 Å². The molecule has 80 valence electrons. The van der Waals surface area contributed by atoms with Crippen molar-refractivity contribution in [2.24, 2.45) is 11.8 Å². The quantitative estimate of drug-likeness (QED) is 0.700. The molecule has 0 aliphatic heterocycles. The van der Waals surface area contributed by atoms with Gasteiger partial charge >= 0.3 is 6.09 Å². The lowest BCUT2D eigenvalue weighted by Gasteiger charge is -2.20. The van der Waals surface area contributed by atoms with Crippen LogP contribution in [-0.4, -0.2) is 17.7 Å². The molecule has 1 amide bonds. The van der Waals surface area contributed by atoms with Crippen LogP contribution in [0.15, 0.2) is 0 Å². The van der Waals surface area contributed by atoms with Gasteiger partial charge in [-0.1, -0.05) is 6.42 Å². The van der Waals surface area contributed by atoms with Gasteiger partial charge in [0.1, 0.15) is 5.60 Å². The lowest BCUT2D eigenvalue weighted by atomic mass is 10.2. The lowest BCUT2D eigenvalue weighted by molar-refractivity contribution is 0.0517. The maximum Gasteiger partial charge on any atom is 0.407 e. The monoisotopic (exact) mass is 197 g/mol. The highest BCUT2D eigenvalue weighted by atomic mass is 16.6. The second-order valence-corrected chi connectivity index (χ2v) is 5.43. The summed E-state index contributed by atoms with van der Waals surface area (Å²) in [6.45, 7) is 5.67. The number of nitrogens with one attached hydrogen (secondary N) is 1. The number of rotatable bonds is 1. The van der Waals surface area contributed by atoms with Crippen LogP contribution >= 0.6 is 0 Å². The van der Waals surface area contributed by atoms with E-state index >= 15 is 0 Å². The average molecular weight is 197 g/mol. The Morgan fingerprint density at radius 2 is 1.86 bits per heavy atom. The predicted octanol–water partition coefficient (Wildman–Crippen LogP) is 2.31. The van der Waals surface area contributed by atoms with Crippen LogP contribution in [0.3, 0.4) is 0 Å². The van der Waals surface area contributed by atoms with Crippen molar-refractivity contribution in [3.05, 3.63) is 0 Å². The molecule has 0 bridgehead atoms. The zero-order valence-electron chi connectivity index (χ0n) is 9.17. The minimum Gasteiger partial charge on any atom is -0.444 e. The van der Waals surface area contributed by atoms with Gasteiger partial charge in [-0.05, 0) is 45.4 Å². The summed E-state index contributed by atoms with van der Waals surface area (Å²) in [5.74, 6) is 1.50. The molecule has 0 saturated heterocycles. The molecule has 0 aromatic carbocycles.